The molecule has 0 aliphatic rings. The van der Waals surface area contributed by atoms with E-state index in [0.29, 0.717) is 0 Å². The standard InChI is InChI=1S/C17H16BrN3/c1-12-10-14(11-13(2)16(12)18)20-17-19-8-9-21(17)15-6-4-3-5-7-15/h3-11H,1-2H3,(H,19,20). The number of hydrogen-bond acceptors (Lipinski definition) is 2. The third kappa shape index (κ3) is 2.85. The van der Waals surface area contributed by atoms with Gasteiger partial charge in [0.15, 0.2) is 0 Å². The van der Waals surface area contributed by atoms with E-state index in [9.17, 15) is 0 Å². The molecule has 0 unspecified atom stereocenters. The second-order valence-electron chi connectivity index (χ2n) is 5.01. The number of benzene rings is 2. The summed E-state index contributed by atoms with van der Waals surface area (Å²) in [5.74, 6) is 0.808. The average molecular weight is 342 g/mol. The van der Waals surface area contributed by atoms with E-state index in [4.69, 9.17) is 0 Å². The summed E-state index contributed by atoms with van der Waals surface area (Å²) in [6, 6.07) is 14.4. The zero-order chi connectivity index (χ0) is 14.8. The summed E-state index contributed by atoms with van der Waals surface area (Å²) in [6.45, 7) is 4.18. The number of nitrogens with zero attached hydrogens (tertiary/aromatic N) is 2. The first-order chi connectivity index (χ1) is 10.1. The van der Waals surface area contributed by atoms with E-state index in [1.807, 2.05) is 29.0 Å². The Labute approximate surface area is 132 Å². The molecule has 0 aliphatic carbocycles. The fourth-order valence-electron chi connectivity index (χ4n) is 2.34. The molecule has 1 heterocycles. The van der Waals surface area contributed by atoms with Crippen molar-refractivity contribution in [1.82, 2.24) is 9.55 Å². The van der Waals surface area contributed by atoms with Crippen LogP contribution in [-0.4, -0.2) is 9.55 Å². The summed E-state index contributed by atoms with van der Waals surface area (Å²) in [6.07, 6.45) is 3.75. The highest BCUT2D eigenvalue weighted by atomic mass is 79.9. The zero-order valence-electron chi connectivity index (χ0n) is 12.0. The van der Waals surface area contributed by atoms with Gasteiger partial charge in [0.1, 0.15) is 0 Å². The topological polar surface area (TPSA) is 29.9 Å². The lowest BCUT2D eigenvalue weighted by molar-refractivity contribution is 1.06. The first-order valence-electron chi connectivity index (χ1n) is 6.77. The largest absolute Gasteiger partial charge is 0.325 e. The molecule has 21 heavy (non-hydrogen) atoms. The number of para-hydroxylation sites is 1. The Kier molecular flexibility index (Phi) is 3.80. The average Bonchev–Trinajstić information content (AvgIpc) is 2.94. The molecule has 1 aromatic heterocycles. The van der Waals surface area contributed by atoms with E-state index >= 15 is 0 Å². The van der Waals surface area contributed by atoms with Gasteiger partial charge in [0.05, 0.1) is 0 Å². The Balaban J connectivity index is 1.95. The van der Waals surface area contributed by atoms with E-state index in [1.54, 1.807) is 6.20 Å². The minimum atomic E-state index is 0.808. The molecule has 106 valence electrons. The highest BCUT2D eigenvalue weighted by Crippen LogP contribution is 2.27. The van der Waals surface area contributed by atoms with Gasteiger partial charge in [-0.05, 0) is 49.2 Å². The summed E-state index contributed by atoms with van der Waals surface area (Å²) in [7, 11) is 0. The van der Waals surface area contributed by atoms with Crippen molar-refractivity contribution in [3.8, 4) is 5.69 Å². The zero-order valence-corrected chi connectivity index (χ0v) is 13.6. The van der Waals surface area contributed by atoms with Gasteiger partial charge in [0, 0.05) is 28.2 Å². The number of imidazole rings is 1. The Morgan fingerprint density at radius 3 is 2.38 bits per heavy atom. The van der Waals surface area contributed by atoms with E-state index in [-0.39, 0.29) is 0 Å². The summed E-state index contributed by atoms with van der Waals surface area (Å²) in [5, 5.41) is 3.39. The van der Waals surface area contributed by atoms with Crippen molar-refractivity contribution in [3.05, 3.63) is 70.5 Å². The Bertz CT molecular complexity index is 740. The number of anilines is 2. The van der Waals surface area contributed by atoms with Gasteiger partial charge in [0.2, 0.25) is 5.95 Å². The molecule has 0 spiro atoms. The molecule has 4 heteroatoms. The molecule has 0 amide bonds. The molecular weight excluding hydrogens is 326 g/mol. The van der Waals surface area contributed by atoms with Crippen molar-refractivity contribution < 1.29 is 0 Å². The first-order valence-corrected chi connectivity index (χ1v) is 7.57. The normalized spacial score (nSPS) is 10.6. The molecule has 0 saturated heterocycles. The highest BCUT2D eigenvalue weighted by Gasteiger charge is 2.07. The van der Waals surface area contributed by atoms with Crippen molar-refractivity contribution in [2.75, 3.05) is 5.32 Å². The van der Waals surface area contributed by atoms with Crippen LogP contribution < -0.4 is 5.32 Å². The summed E-state index contributed by atoms with van der Waals surface area (Å²) < 4.78 is 3.19. The van der Waals surface area contributed by atoms with Crippen LogP contribution >= 0.6 is 15.9 Å². The second-order valence-corrected chi connectivity index (χ2v) is 5.80. The van der Waals surface area contributed by atoms with E-state index in [2.05, 4.69) is 64.3 Å². The van der Waals surface area contributed by atoms with Gasteiger partial charge >= 0.3 is 0 Å². The van der Waals surface area contributed by atoms with Crippen molar-refractivity contribution in [2.45, 2.75) is 13.8 Å². The molecule has 0 atom stereocenters. The van der Waals surface area contributed by atoms with Gasteiger partial charge in [-0.1, -0.05) is 34.1 Å². The molecule has 3 rings (SSSR count). The van der Waals surface area contributed by atoms with E-state index in [1.165, 1.54) is 11.1 Å². The predicted molar refractivity (Wildman–Crippen MR) is 90.5 cm³/mol. The van der Waals surface area contributed by atoms with Gasteiger partial charge in [-0.15, -0.1) is 0 Å². The quantitative estimate of drug-likeness (QED) is 0.726. The fraction of sp³-hybridized carbons (Fsp3) is 0.118. The Morgan fingerprint density at radius 1 is 1.05 bits per heavy atom. The minimum Gasteiger partial charge on any atom is -0.325 e. The number of aryl methyl sites for hydroxylation is 2. The molecule has 0 saturated carbocycles. The molecule has 0 aliphatic heterocycles. The predicted octanol–water partition coefficient (Wildman–Crippen LogP) is 5.00. The fourth-order valence-corrected chi connectivity index (χ4v) is 2.57. The molecule has 3 aromatic rings. The van der Waals surface area contributed by atoms with Crippen LogP contribution in [0.15, 0.2) is 59.3 Å². The maximum absolute atomic E-state index is 4.41. The van der Waals surface area contributed by atoms with Crippen LogP contribution in [0.4, 0.5) is 11.6 Å². The van der Waals surface area contributed by atoms with E-state index < -0.39 is 0 Å². The monoisotopic (exact) mass is 341 g/mol. The van der Waals surface area contributed by atoms with Crippen LogP contribution in [0.25, 0.3) is 5.69 Å². The van der Waals surface area contributed by atoms with Gasteiger partial charge in [-0.2, -0.15) is 0 Å². The summed E-state index contributed by atoms with van der Waals surface area (Å²) in [4.78, 5) is 4.41. The molecule has 1 N–H and O–H groups in total. The van der Waals surface area contributed by atoms with Crippen LogP contribution in [0.1, 0.15) is 11.1 Å². The Morgan fingerprint density at radius 2 is 1.71 bits per heavy atom. The second kappa shape index (κ2) is 5.74. The third-order valence-corrected chi connectivity index (χ3v) is 4.62. The lowest BCUT2D eigenvalue weighted by atomic mass is 10.1. The number of nitrogens with one attached hydrogen (secondary N) is 1. The third-order valence-electron chi connectivity index (χ3n) is 3.37. The SMILES string of the molecule is Cc1cc(Nc2nccn2-c2ccccc2)cc(C)c1Br. The van der Waals surface area contributed by atoms with Crippen LogP contribution in [0.2, 0.25) is 0 Å². The molecular formula is C17H16BrN3. The van der Waals surface area contributed by atoms with Crippen LogP contribution in [0.5, 0.6) is 0 Å². The van der Waals surface area contributed by atoms with Crippen molar-refractivity contribution >= 4 is 27.6 Å². The Hall–Kier alpha value is -2.07. The molecule has 2 aromatic carbocycles. The van der Waals surface area contributed by atoms with Crippen LogP contribution in [0.3, 0.4) is 0 Å². The van der Waals surface area contributed by atoms with Crippen molar-refractivity contribution in [2.24, 2.45) is 0 Å². The van der Waals surface area contributed by atoms with E-state index in [0.717, 1.165) is 21.8 Å². The lowest BCUT2D eigenvalue weighted by Gasteiger charge is -2.12. The van der Waals surface area contributed by atoms with Crippen LogP contribution in [-0.2, 0) is 0 Å². The number of rotatable bonds is 3. The summed E-state index contributed by atoms with van der Waals surface area (Å²) >= 11 is 3.59. The molecule has 3 nitrogen and oxygen atoms in total. The number of halogens is 1. The van der Waals surface area contributed by atoms with Crippen LogP contribution in [0, 0.1) is 13.8 Å². The first kappa shape index (κ1) is 13.9. The minimum absolute atomic E-state index is 0.808. The molecule has 0 radical (unpaired) electrons. The number of aromatic nitrogens is 2. The van der Waals surface area contributed by atoms with Gasteiger partial charge in [-0.3, -0.25) is 4.57 Å². The summed E-state index contributed by atoms with van der Waals surface area (Å²) in [5.41, 5.74) is 4.53. The van der Waals surface area contributed by atoms with Gasteiger partial charge < -0.3 is 5.32 Å². The van der Waals surface area contributed by atoms with Gasteiger partial charge in [0.25, 0.3) is 0 Å². The highest BCUT2D eigenvalue weighted by molar-refractivity contribution is 9.10. The number of hydrogen-bond donors (Lipinski definition) is 1. The van der Waals surface area contributed by atoms with Crippen molar-refractivity contribution in [3.63, 3.8) is 0 Å². The smallest absolute Gasteiger partial charge is 0.212 e. The maximum atomic E-state index is 4.41. The molecule has 0 bridgehead atoms. The van der Waals surface area contributed by atoms with Crippen molar-refractivity contribution in [1.29, 1.82) is 0 Å². The van der Waals surface area contributed by atoms with Gasteiger partial charge in [-0.25, -0.2) is 4.98 Å². The molecule has 0 fully saturated rings. The lowest BCUT2D eigenvalue weighted by Crippen LogP contribution is -2.01. The maximum Gasteiger partial charge on any atom is 0.212 e.